The van der Waals surface area contributed by atoms with E-state index in [-0.39, 0.29) is 7.21 Å². The SMILES string of the molecule is CCC(=O)C1(N(C=O)CC2C=C(C)C=C(C)C2)CCCCC1.CCC(CC)CC/C=C(/C=C\C=C(/C)C(C)C)C(C)C.[HH]. The summed E-state index contributed by atoms with van der Waals surface area (Å²) in [6, 6.07) is 0. The van der Waals surface area contributed by atoms with E-state index in [1.165, 1.54) is 54.4 Å². The fourth-order valence-electron chi connectivity index (χ4n) is 6.40. The van der Waals surface area contributed by atoms with Gasteiger partial charge in [0.1, 0.15) is 5.54 Å². The predicted molar refractivity (Wildman–Crippen MR) is 186 cm³/mol. The molecule has 0 aromatic rings. The summed E-state index contributed by atoms with van der Waals surface area (Å²) in [6.07, 6.45) is 26.2. The Labute approximate surface area is 262 Å². The Morgan fingerprint density at radius 3 is 2.19 bits per heavy atom. The van der Waals surface area contributed by atoms with Crippen LogP contribution in [0.4, 0.5) is 0 Å². The monoisotopic (exact) mass is 582 g/mol. The van der Waals surface area contributed by atoms with E-state index in [1.807, 2.05) is 11.8 Å². The van der Waals surface area contributed by atoms with E-state index in [1.54, 1.807) is 0 Å². The maximum atomic E-state index is 12.6. The molecule has 1 unspecified atom stereocenters. The average molecular weight is 582 g/mol. The number of nitrogens with zero attached hydrogens (tertiary/aromatic N) is 1. The molecular weight excluding hydrogens is 514 g/mol. The van der Waals surface area contributed by atoms with Crippen LogP contribution in [0.3, 0.4) is 0 Å². The third kappa shape index (κ3) is 12.6. The van der Waals surface area contributed by atoms with Crippen LogP contribution in [0.5, 0.6) is 0 Å². The number of allylic oxidation sites excluding steroid dienone is 9. The molecule has 0 aromatic heterocycles. The zero-order valence-electron chi connectivity index (χ0n) is 29.1. The lowest BCUT2D eigenvalue weighted by Gasteiger charge is -2.44. The first-order valence-corrected chi connectivity index (χ1v) is 17.1. The molecule has 3 heteroatoms. The summed E-state index contributed by atoms with van der Waals surface area (Å²) in [5.41, 5.74) is 5.01. The van der Waals surface area contributed by atoms with Gasteiger partial charge in [-0.2, -0.15) is 0 Å². The van der Waals surface area contributed by atoms with Crippen molar-refractivity contribution in [1.29, 1.82) is 0 Å². The molecule has 0 bridgehead atoms. The van der Waals surface area contributed by atoms with E-state index in [2.05, 4.69) is 98.8 Å². The van der Waals surface area contributed by atoms with Crippen LogP contribution in [-0.2, 0) is 9.59 Å². The molecule has 2 rings (SSSR count). The van der Waals surface area contributed by atoms with Gasteiger partial charge in [0.2, 0.25) is 6.41 Å². The Bertz CT molecular complexity index is 971. The number of Topliss-reactive ketones (excluding diaryl/α,β-unsaturated/α-hetero) is 1. The number of hydrogen-bond donors (Lipinski definition) is 0. The second-order valence-electron chi connectivity index (χ2n) is 13.5. The van der Waals surface area contributed by atoms with Crippen molar-refractivity contribution >= 4 is 12.2 Å². The van der Waals surface area contributed by atoms with E-state index in [4.69, 9.17) is 0 Å². The molecule has 2 aliphatic rings. The summed E-state index contributed by atoms with van der Waals surface area (Å²) in [5.74, 6) is 2.72. The van der Waals surface area contributed by atoms with Gasteiger partial charge in [0.05, 0.1) is 0 Å². The Morgan fingerprint density at radius 1 is 1.05 bits per heavy atom. The summed E-state index contributed by atoms with van der Waals surface area (Å²) in [5, 5.41) is 0. The topological polar surface area (TPSA) is 37.4 Å². The molecule has 3 nitrogen and oxygen atoms in total. The molecule has 0 heterocycles. The summed E-state index contributed by atoms with van der Waals surface area (Å²) in [7, 11) is 0. The molecule has 0 aromatic carbocycles. The Balaban J connectivity index is 0.000000807. The van der Waals surface area contributed by atoms with Crippen molar-refractivity contribution in [1.82, 2.24) is 4.90 Å². The van der Waals surface area contributed by atoms with Crippen LogP contribution in [0.1, 0.15) is 141 Å². The van der Waals surface area contributed by atoms with Crippen LogP contribution in [-0.4, -0.2) is 29.2 Å². The van der Waals surface area contributed by atoms with Gasteiger partial charge in [-0.05, 0) is 82.1 Å². The molecule has 0 aliphatic heterocycles. The van der Waals surface area contributed by atoms with Gasteiger partial charge in [0, 0.05) is 14.4 Å². The molecule has 42 heavy (non-hydrogen) atoms. The third-order valence-corrected chi connectivity index (χ3v) is 9.52. The van der Waals surface area contributed by atoms with Crippen molar-refractivity contribution < 1.29 is 11.0 Å². The summed E-state index contributed by atoms with van der Waals surface area (Å²) in [4.78, 5) is 26.3. The van der Waals surface area contributed by atoms with Crippen LogP contribution in [0.2, 0.25) is 0 Å². The smallest absolute Gasteiger partial charge is 0.210 e. The predicted octanol–water partition coefficient (Wildman–Crippen LogP) is 11.2. The van der Waals surface area contributed by atoms with Crippen molar-refractivity contribution in [2.24, 2.45) is 23.7 Å². The largest absolute Gasteiger partial charge is 0.332 e. The van der Waals surface area contributed by atoms with Gasteiger partial charge in [0.15, 0.2) is 5.78 Å². The zero-order valence-corrected chi connectivity index (χ0v) is 29.1. The van der Waals surface area contributed by atoms with Crippen LogP contribution >= 0.6 is 0 Å². The lowest BCUT2D eigenvalue weighted by molar-refractivity contribution is -0.142. The van der Waals surface area contributed by atoms with E-state index in [0.717, 1.165) is 44.4 Å². The maximum Gasteiger partial charge on any atom is 0.210 e. The number of amides is 1. The van der Waals surface area contributed by atoms with Gasteiger partial charge in [-0.3, -0.25) is 9.59 Å². The molecule has 0 N–H and O–H groups in total. The maximum absolute atomic E-state index is 12.6. The molecule has 1 atom stereocenters. The van der Waals surface area contributed by atoms with E-state index in [0.29, 0.717) is 30.7 Å². The fraction of sp³-hybridized carbons (Fsp3) is 0.692. The van der Waals surface area contributed by atoms with Crippen molar-refractivity contribution in [2.75, 3.05) is 6.54 Å². The molecule has 2 aliphatic carbocycles. The summed E-state index contributed by atoms with van der Waals surface area (Å²) in [6.45, 7) is 22.7. The first-order valence-electron chi connectivity index (χ1n) is 17.1. The Morgan fingerprint density at radius 2 is 1.69 bits per heavy atom. The van der Waals surface area contributed by atoms with Gasteiger partial charge < -0.3 is 4.90 Å². The number of hydrogen-bond acceptors (Lipinski definition) is 2. The summed E-state index contributed by atoms with van der Waals surface area (Å²) < 4.78 is 0. The van der Waals surface area contributed by atoms with Gasteiger partial charge in [-0.25, -0.2) is 0 Å². The number of carbonyl (C=O) groups excluding carboxylic acids is 2. The normalized spacial score (nSPS) is 19.5. The number of carbonyl (C=O) groups is 2. The molecule has 1 amide bonds. The van der Waals surface area contributed by atoms with Crippen LogP contribution in [0.15, 0.2) is 58.7 Å². The lowest BCUT2D eigenvalue weighted by Crippen LogP contribution is -2.56. The second-order valence-corrected chi connectivity index (χ2v) is 13.5. The quantitative estimate of drug-likeness (QED) is 0.142. The van der Waals surface area contributed by atoms with Gasteiger partial charge in [-0.1, -0.05) is 134 Å². The molecule has 0 saturated heterocycles. The van der Waals surface area contributed by atoms with Crippen LogP contribution < -0.4 is 0 Å². The summed E-state index contributed by atoms with van der Waals surface area (Å²) >= 11 is 0. The van der Waals surface area contributed by atoms with Gasteiger partial charge >= 0.3 is 0 Å². The minimum absolute atomic E-state index is 0. The highest BCUT2D eigenvalue weighted by atomic mass is 16.2. The highest BCUT2D eigenvalue weighted by molar-refractivity contribution is 5.90. The van der Waals surface area contributed by atoms with Crippen molar-refractivity contribution in [3.8, 4) is 0 Å². The second kappa shape index (κ2) is 19.9. The van der Waals surface area contributed by atoms with Crippen LogP contribution in [0.25, 0.3) is 0 Å². The van der Waals surface area contributed by atoms with E-state index < -0.39 is 5.54 Å². The minimum atomic E-state index is -0.536. The minimum Gasteiger partial charge on any atom is -0.332 e. The number of ketones is 1. The molecular formula is C39H67NO2. The average Bonchev–Trinajstić information content (AvgIpc) is 2.96. The molecule has 1 fully saturated rings. The standard InChI is InChI=1S/C20H36.C19H29NO2.H2/c1-8-19(9-2)13-11-15-20(17(5)6)14-10-12-18(7)16(3)4;1-4-18(22)19(8-6-5-7-9-19)20(14-21)13-17-11-15(2)10-16(3)12-17;/h10,12,14-17,19H,8-9,11,13H2,1-7H3;10-11,14,17H,4-9,12-13H2,1-3H3;1H/b14-10-,18-12+,20-15-;;. The zero-order chi connectivity index (χ0) is 31.7. The van der Waals surface area contributed by atoms with Crippen molar-refractivity contribution in [3.05, 3.63) is 58.7 Å². The van der Waals surface area contributed by atoms with Crippen LogP contribution in [0, 0.1) is 23.7 Å². The Kier molecular flexibility index (Phi) is 18.0. The van der Waals surface area contributed by atoms with Crippen molar-refractivity contribution in [3.63, 3.8) is 0 Å². The molecule has 1 saturated carbocycles. The van der Waals surface area contributed by atoms with E-state index >= 15 is 0 Å². The number of rotatable bonds is 15. The highest BCUT2D eigenvalue weighted by Crippen LogP contribution is 2.36. The molecule has 240 valence electrons. The Hall–Kier alpha value is -2.16. The third-order valence-electron chi connectivity index (χ3n) is 9.52. The fourth-order valence-corrected chi connectivity index (χ4v) is 6.40. The lowest BCUT2D eigenvalue weighted by atomic mass is 9.76. The molecule has 0 radical (unpaired) electrons. The first-order chi connectivity index (χ1) is 19.9. The van der Waals surface area contributed by atoms with Crippen molar-refractivity contribution in [2.45, 2.75) is 145 Å². The first kappa shape index (κ1) is 37.9. The van der Waals surface area contributed by atoms with Gasteiger partial charge in [-0.15, -0.1) is 0 Å². The molecule has 0 spiro atoms. The highest BCUT2D eigenvalue weighted by Gasteiger charge is 2.43. The van der Waals surface area contributed by atoms with E-state index in [9.17, 15) is 9.59 Å². The van der Waals surface area contributed by atoms with Gasteiger partial charge in [0.25, 0.3) is 0 Å².